The van der Waals surface area contributed by atoms with E-state index < -0.39 is 15.9 Å². The molecule has 1 rings (SSSR count). The van der Waals surface area contributed by atoms with Gasteiger partial charge in [0, 0.05) is 13.0 Å². The van der Waals surface area contributed by atoms with Crippen LogP contribution in [0, 0.1) is 18.3 Å². The zero-order chi connectivity index (χ0) is 15.2. The zero-order valence-corrected chi connectivity index (χ0v) is 12.0. The monoisotopic (exact) mass is 295 g/mol. The summed E-state index contributed by atoms with van der Waals surface area (Å²) < 4.78 is 26.7. The van der Waals surface area contributed by atoms with E-state index in [2.05, 4.69) is 4.72 Å². The third-order valence-electron chi connectivity index (χ3n) is 2.75. The molecule has 6 nitrogen and oxygen atoms in total. The van der Waals surface area contributed by atoms with Gasteiger partial charge in [-0.3, -0.25) is 4.79 Å². The van der Waals surface area contributed by atoms with Crippen molar-refractivity contribution in [1.29, 1.82) is 5.26 Å². The topological polar surface area (TPSA) is 113 Å². The second-order valence-electron chi connectivity index (χ2n) is 4.41. The number of amides is 1. The molecule has 20 heavy (non-hydrogen) atoms. The Hall–Kier alpha value is -1.91. The zero-order valence-electron chi connectivity index (χ0n) is 11.2. The molecule has 108 valence electrons. The van der Waals surface area contributed by atoms with Crippen LogP contribution < -0.4 is 10.5 Å². The van der Waals surface area contributed by atoms with Gasteiger partial charge in [0.1, 0.15) is 0 Å². The Kier molecular flexibility index (Phi) is 5.67. The van der Waals surface area contributed by atoms with E-state index in [0.717, 1.165) is 0 Å². The smallest absolute Gasteiger partial charge is 0.240 e. The molecule has 0 aliphatic rings. The minimum atomic E-state index is -3.64. The minimum absolute atomic E-state index is 0.103. The summed E-state index contributed by atoms with van der Waals surface area (Å²) in [5, 5.41) is 8.81. The number of primary amides is 1. The Bertz CT molecular complexity index is 633. The van der Waals surface area contributed by atoms with Crippen LogP contribution in [0.4, 0.5) is 0 Å². The van der Waals surface area contributed by atoms with Crippen LogP contribution in [0.25, 0.3) is 0 Å². The van der Waals surface area contributed by atoms with Gasteiger partial charge in [-0.2, -0.15) is 5.26 Å². The summed E-state index contributed by atoms with van der Waals surface area (Å²) in [6.07, 6.45) is 1.30. The second kappa shape index (κ2) is 7.03. The lowest BCUT2D eigenvalue weighted by molar-refractivity contribution is -0.118. The maximum atomic E-state index is 12.1. The molecule has 0 fully saturated rings. The van der Waals surface area contributed by atoms with Gasteiger partial charge in [-0.15, -0.1) is 0 Å². The van der Waals surface area contributed by atoms with Crippen molar-refractivity contribution in [1.82, 2.24) is 4.72 Å². The molecule has 0 radical (unpaired) electrons. The van der Waals surface area contributed by atoms with Crippen LogP contribution in [0.2, 0.25) is 0 Å². The van der Waals surface area contributed by atoms with Gasteiger partial charge < -0.3 is 5.73 Å². The van der Waals surface area contributed by atoms with Crippen molar-refractivity contribution in [2.24, 2.45) is 5.73 Å². The molecule has 0 aliphatic carbocycles. The number of sulfonamides is 1. The molecule has 0 bridgehead atoms. The Morgan fingerprint density at radius 3 is 2.70 bits per heavy atom. The highest BCUT2D eigenvalue weighted by molar-refractivity contribution is 7.89. The molecule has 1 amide bonds. The van der Waals surface area contributed by atoms with Crippen LogP contribution in [0.1, 0.15) is 30.4 Å². The Morgan fingerprint density at radius 2 is 2.10 bits per heavy atom. The number of benzene rings is 1. The lowest BCUT2D eigenvalue weighted by Gasteiger charge is -2.09. The van der Waals surface area contributed by atoms with Crippen LogP contribution in [-0.4, -0.2) is 20.9 Å². The first-order valence-electron chi connectivity index (χ1n) is 6.15. The molecule has 0 unspecified atom stereocenters. The highest BCUT2D eigenvalue weighted by atomic mass is 32.2. The predicted molar refractivity (Wildman–Crippen MR) is 74.1 cm³/mol. The fraction of sp³-hybridized carbons (Fsp3) is 0.385. The fourth-order valence-electron chi connectivity index (χ4n) is 1.67. The summed E-state index contributed by atoms with van der Waals surface area (Å²) in [7, 11) is -3.64. The van der Waals surface area contributed by atoms with Gasteiger partial charge >= 0.3 is 0 Å². The molecular weight excluding hydrogens is 278 g/mol. The Labute approximate surface area is 118 Å². The first-order valence-corrected chi connectivity index (χ1v) is 7.64. The molecule has 7 heteroatoms. The highest BCUT2D eigenvalue weighted by Gasteiger charge is 2.16. The molecule has 0 aliphatic heterocycles. The lowest BCUT2D eigenvalue weighted by Crippen LogP contribution is -2.25. The summed E-state index contributed by atoms with van der Waals surface area (Å²) in [5.74, 6) is -0.398. The van der Waals surface area contributed by atoms with Crippen LogP contribution in [-0.2, 0) is 14.8 Å². The van der Waals surface area contributed by atoms with E-state index in [0.29, 0.717) is 24.0 Å². The van der Waals surface area contributed by atoms with Crippen molar-refractivity contribution in [2.75, 3.05) is 6.54 Å². The number of aryl methyl sites for hydroxylation is 1. The average Bonchev–Trinajstić information content (AvgIpc) is 2.38. The van der Waals surface area contributed by atoms with Gasteiger partial charge in [-0.05, 0) is 37.5 Å². The van der Waals surface area contributed by atoms with E-state index in [1.807, 2.05) is 6.07 Å². The number of nitrogens with zero attached hydrogens (tertiary/aromatic N) is 1. The van der Waals surface area contributed by atoms with Crippen LogP contribution in [0.3, 0.4) is 0 Å². The summed E-state index contributed by atoms with van der Waals surface area (Å²) in [6, 6.07) is 6.43. The summed E-state index contributed by atoms with van der Waals surface area (Å²) in [5.41, 5.74) is 5.87. The third-order valence-corrected chi connectivity index (χ3v) is 4.35. The number of unbranched alkanes of at least 4 members (excludes halogenated alkanes) is 1. The molecule has 1 aromatic rings. The maximum absolute atomic E-state index is 12.1. The number of nitrogens with one attached hydrogen (secondary N) is 1. The van der Waals surface area contributed by atoms with Gasteiger partial charge in [0.15, 0.2) is 0 Å². The van der Waals surface area contributed by atoms with Crippen molar-refractivity contribution in [3.63, 3.8) is 0 Å². The van der Waals surface area contributed by atoms with Crippen LogP contribution in [0.5, 0.6) is 0 Å². The highest BCUT2D eigenvalue weighted by Crippen LogP contribution is 2.16. The number of hydrogen-bond donors (Lipinski definition) is 2. The number of nitrogens with two attached hydrogens (primary N) is 1. The van der Waals surface area contributed by atoms with Crippen molar-refractivity contribution in [3.8, 4) is 6.07 Å². The molecule has 0 atom stereocenters. The van der Waals surface area contributed by atoms with Gasteiger partial charge in [-0.1, -0.05) is 6.07 Å². The molecule has 0 heterocycles. The summed E-state index contributed by atoms with van der Waals surface area (Å²) in [4.78, 5) is 10.7. The number of carbonyl (C=O) groups excluding carboxylic acids is 1. The Balaban J connectivity index is 2.70. The quantitative estimate of drug-likeness (QED) is 0.724. The average molecular weight is 295 g/mol. The van der Waals surface area contributed by atoms with E-state index in [1.54, 1.807) is 19.1 Å². The van der Waals surface area contributed by atoms with Crippen LogP contribution in [0.15, 0.2) is 23.1 Å². The van der Waals surface area contributed by atoms with E-state index in [1.165, 1.54) is 6.07 Å². The normalized spacial score (nSPS) is 11.0. The van der Waals surface area contributed by atoms with Gasteiger partial charge in [0.2, 0.25) is 15.9 Å². The number of carbonyl (C=O) groups is 1. The first kappa shape index (κ1) is 16.1. The first-order chi connectivity index (χ1) is 9.36. The lowest BCUT2D eigenvalue weighted by atomic mass is 10.2. The van der Waals surface area contributed by atoms with E-state index in [9.17, 15) is 13.2 Å². The molecule has 0 aromatic heterocycles. The van der Waals surface area contributed by atoms with Crippen molar-refractivity contribution >= 4 is 15.9 Å². The molecule has 0 saturated heterocycles. The summed E-state index contributed by atoms with van der Waals surface area (Å²) >= 11 is 0. The standard InChI is InChI=1S/C13H17N3O3S/c1-10-5-6-11(9-14)8-12(10)20(18,19)16-7-3-2-4-13(15)17/h5-6,8,16H,2-4,7H2,1H3,(H2,15,17). The molecule has 0 spiro atoms. The second-order valence-corrected chi connectivity index (χ2v) is 6.15. The molecule has 1 aromatic carbocycles. The molecule has 0 saturated carbocycles. The van der Waals surface area contributed by atoms with Gasteiger partial charge in [0.25, 0.3) is 0 Å². The number of rotatable bonds is 7. The molecular formula is C13H17N3O3S. The van der Waals surface area contributed by atoms with E-state index >= 15 is 0 Å². The SMILES string of the molecule is Cc1ccc(C#N)cc1S(=O)(=O)NCCCCC(N)=O. The fourth-order valence-corrected chi connectivity index (χ4v) is 3.01. The number of nitriles is 1. The summed E-state index contributed by atoms with van der Waals surface area (Å²) in [6.45, 7) is 1.90. The van der Waals surface area contributed by atoms with E-state index in [-0.39, 0.29) is 17.9 Å². The largest absolute Gasteiger partial charge is 0.370 e. The third kappa shape index (κ3) is 4.64. The van der Waals surface area contributed by atoms with Crippen LogP contribution >= 0.6 is 0 Å². The van der Waals surface area contributed by atoms with Crippen molar-refractivity contribution in [2.45, 2.75) is 31.1 Å². The van der Waals surface area contributed by atoms with Crippen molar-refractivity contribution in [3.05, 3.63) is 29.3 Å². The number of hydrogen-bond acceptors (Lipinski definition) is 4. The molecule has 3 N–H and O–H groups in total. The maximum Gasteiger partial charge on any atom is 0.240 e. The van der Waals surface area contributed by atoms with Gasteiger partial charge in [-0.25, -0.2) is 13.1 Å². The Morgan fingerprint density at radius 1 is 1.40 bits per heavy atom. The van der Waals surface area contributed by atoms with Gasteiger partial charge in [0.05, 0.1) is 16.5 Å². The minimum Gasteiger partial charge on any atom is -0.370 e. The van der Waals surface area contributed by atoms with Crippen molar-refractivity contribution < 1.29 is 13.2 Å². The van der Waals surface area contributed by atoms with E-state index in [4.69, 9.17) is 11.0 Å². The predicted octanol–water partition coefficient (Wildman–Crippen LogP) is 0.801.